The van der Waals surface area contributed by atoms with Gasteiger partial charge < -0.3 is 4.18 Å². The maximum Gasteiger partial charge on any atom is 0.222 e. The molecule has 0 radical (unpaired) electrons. The number of aromatic nitrogens is 1. The Bertz CT molecular complexity index is 414. The van der Waals surface area contributed by atoms with Crippen LogP contribution in [0.2, 0.25) is 0 Å². The lowest BCUT2D eigenvalue weighted by molar-refractivity contribution is 0.543. The molecule has 1 aromatic heterocycles. The second kappa shape index (κ2) is 3.64. The number of hydrogen-bond donors (Lipinski definition) is 1. The number of pyridine rings is 1. The average Bonchev–Trinajstić information content (AvgIpc) is 2.19. The molecule has 1 aromatic carbocycles. The second-order valence-electron chi connectivity index (χ2n) is 2.49. The van der Waals surface area contributed by atoms with Gasteiger partial charge in [-0.15, -0.1) is 0 Å². The molecule has 2 rings (SSSR count). The fourth-order valence-electron chi connectivity index (χ4n) is 1.18. The summed E-state index contributed by atoms with van der Waals surface area (Å²) in [6.07, 6.45) is 1.69. The topological polar surface area (TPSA) is 42.4 Å². The smallest absolute Gasteiger partial charge is 0.222 e. The van der Waals surface area contributed by atoms with Crippen LogP contribution < -0.4 is 4.18 Å². The molecule has 0 amide bonds. The highest BCUT2D eigenvalue weighted by atomic mass is 32.2. The predicted molar refractivity (Wildman–Crippen MR) is 52.6 cm³/mol. The molecule has 0 spiro atoms. The second-order valence-corrected chi connectivity index (χ2v) is 2.80. The van der Waals surface area contributed by atoms with Crippen LogP contribution in [-0.2, 0) is 0 Å². The maximum atomic E-state index is 8.55. The van der Waals surface area contributed by atoms with Gasteiger partial charge in [-0.2, -0.15) is 0 Å². The normalized spacial score (nSPS) is 10.2. The summed E-state index contributed by atoms with van der Waals surface area (Å²) in [5.41, 5.74) is 0.756. The Kier molecular flexibility index (Phi) is 2.33. The van der Waals surface area contributed by atoms with E-state index in [-0.39, 0.29) is 0 Å². The maximum absolute atomic E-state index is 8.55. The van der Waals surface area contributed by atoms with Crippen molar-refractivity contribution in [3.05, 3.63) is 36.5 Å². The number of para-hydroxylation sites is 1. The van der Waals surface area contributed by atoms with Crippen molar-refractivity contribution in [1.29, 1.82) is 0 Å². The number of fused-ring (bicyclic) bond motifs is 1. The Morgan fingerprint density at radius 3 is 2.92 bits per heavy atom. The van der Waals surface area contributed by atoms with E-state index in [1.54, 1.807) is 12.3 Å². The lowest BCUT2D eigenvalue weighted by atomic mass is 10.2. The molecule has 1 heterocycles. The fraction of sp³-hybridized carbons (Fsp3) is 0. The summed E-state index contributed by atoms with van der Waals surface area (Å²) < 4.78 is 13.5. The van der Waals surface area contributed by atoms with Crippen LogP contribution in [-0.4, -0.2) is 9.54 Å². The summed E-state index contributed by atoms with van der Waals surface area (Å²) in [6.45, 7) is 0. The van der Waals surface area contributed by atoms with Crippen molar-refractivity contribution in [3.63, 3.8) is 0 Å². The number of hydrogen-bond acceptors (Lipinski definition) is 4. The SMILES string of the molecule is OSOc1cccc2cccnc12. The molecular formula is C9H7NO2S. The number of nitrogens with zero attached hydrogens (tertiary/aromatic N) is 1. The van der Waals surface area contributed by atoms with Crippen LogP contribution >= 0.6 is 12.3 Å². The predicted octanol–water partition coefficient (Wildman–Crippen LogP) is 2.73. The molecule has 0 aliphatic rings. The zero-order valence-electron chi connectivity index (χ0n) is 6.68. The molecule has 13 heavy (non-hydrogen) atoms. The zero-order valence-corrected chi connectivity index (χ0v) is 7.49. The Labute approximate surface area is 79.8 Å². The molecule has 0 fully saturated rings. The Hall–Kier alpha value is -1.26. The highest BCUT2D eigenvalue weighted by molar-refractivity contribution is 7.89. The molecule has 66 valence electrons. The third kappa shape index (κ3) is 1.59. The molecule has 3 nitrogen and oxygen atoms in total. The van der Waals surface area contributed by atoms with E-state index in [0.29, 0.717) is 18.1 Å². The first-order valence-corrected chi connectivity index (χ1v) is 4.43. The Morgan fingerprint density at radius 1 is 1.23 bits per heavy atom. The fourth-order valence-corrected chi connectivity index (χ4v) is 1.40. The Balaban J connectivity index is 2.61. The molecule has 0 saturated carbocycles. The van der Waals surface area contributed by atoms with Crippen LogP contribution in [0.3, 0.4) is 0 Å². The molecule has 0 atom stereocenters. The molecule has 0 aliphatic heterocycles. The largest absolute Gasteiger partial charge is 0.398 e. The molecule has 0 unspecified atom stereocenters. The van der Waals surface area contributed by atoms with Gasteiger partial charge in [-0.3, -0.25) is 9.54 Å². The summed E-state index contributed by atoms with van der Waals surface area (Å²) in [6, 6.07) is 9.36. The van der Waals surface area contributed by atoms with Gasteiger partial charge in [0.1, 0.15) is 5.52 Å². The minimum absolute atomic E-state index is 0.330. The summed E-state index contributed by atoms with van der Waals surface area (Å²) in [5, 5.41) is 0.994. The lowest BCUT2D eigenvalue weighted by Gasteiger charge is -2.02. The van der Waals surface area contributed by atoms with Gasteiger partial charge in [-0.1, -0.05) is 18.2 Å². The monoisotopic (exact) mass is 193 g/mol. The molecule has 2 aromatic rings. The zero-order chi connectivity index (χ0) is 9.10. The first-order chi connectivity index (χ1) is 6.42. The van der Waals surface area contributed by atoms with Crippen LogP contribution in [0.1, 0.15) is 0 Å². The van der Waals surface area contributed by atoms with Crippen molar-refractivity contribution >= 4 is 23.2 Å². The van der Waals surface area contributed by atoms with E-state index in [1.165, 1.54) is 0 Å². The highest BCUT2D eigenvalue weighted by Gasteiger charge is 2.01. The highest BCUT2D eigenvalue weighted by Crippen LogP contribution is 2.24. The van der Waals surface area contributed by atoms with Crippen molar-refractivity contribution in [1.82, 2.24) is 4.98 Å². The van der Waals surface area contributed by atoms with Crippen LogP contribution in [0.15, 0.2) is 36.5 Å². The van der Waals surface area contributed by atoms with E-state index in [2.05, 4.69) is 4.98 Å². The average molecular weight is 193 g/mol. The van der Waals surface area contributed by atoms with Crippen LogP contribution in [0.4, 0.5) is 0 Å². The molecule has 0 aliphatic carbocycles. The Morgan fingerprint density at radius 2 is 2.08 bits per heavy atom. The lowest BCUT2D eigenvalue weighted by Crippen LogP contribution is -1.84. The van der Waals surface area contributed by atoms with Gasteiger partial charge in [0.25, 0.3) is 0 Å². The van der Waals surface area contributed by atoms with Crippen LogP contribution in [0.25, 0.3) is 10.9 Å². The third-order valence-electron chi connectivity index (χ3n) is 1.72. The van der Waals surface area contributed by atoms with E-state index >= 15 is 0 Å². The standard InChI is InChI=1S/C9H7NO2S/c11-13-12-8-5-1-3-7-4-2-6-10-9(7)8/h1-6,11H. The van der Waals surface area contributed by atoms with E-state index in [1.807, 2.05) is 24.3 Å². The summed E-state index contributed by atoms with van der Waals surface area (Å²) in [4.78, 5) is 4.15. The van der Waals surface area contributed by atoms with Crippen molar-refractivity contribution < 1.29 is 8.74 Å². The van der Waals surface area contributed by atoms with Crippen LogP contribution in [0, 0.1) is 0 Å². The van der Waals surface area contributed by atoms with E-state index in [9.17, 15) is 0 Å². The van der Waals surface area contributed by atoms with Gasteiger partial charge in [0.15, 0.2) is 5.75 Å². The van der Waals surface area contributed by atoms with E-state index < -0.39 is 0 Å². The number of benzene rings is 1. The van der Waals surface area contributed by atoms with Crippen molar-refractivity contribution in [3.8, 4) is 5.75 Å². The quantitative estimate of drug-likeness (QED) is 0.744. The molecule has 4 heteroatoms. The first kappa shape index (κ1) is 8.34. The minimum Gasteiger partial charge on any atom is -0.398 e. The van der Waals surface area contributed by atoms with E-state index in [0.717, 1.165) is 10.9 Å². The summed E-state index contributed by atoms with van der Waals surface area (Å²) in [5.74, 6) is 0.575. The summed E-state index contributed by atoms with van der Waals surface area (Å²) in [7, 11) is 0. The van der Waals surface area contributed by atoms with Crippen molar-refractivity contribution in [2.75, 3.05) is 0 Å². The van der Waals surface area contributed by atoms with Gasteiger partial charge in [0, 0.05) is 11.6 Å². The van der Waals surface area contributed by atoms with Gasteiger partial charge in [0.05, 0.1) is 0 Å². The first-order valence-electron chi connectivity index (χ1n) is 3.73. The van der Waals surface area contributed by atoms with Gasteiger partial charge in [0.2, 0.25) is 12.3 Å². The molecule has 0 bridgehead atoms. The third-order valence-corrected chi connectivity index (χ3v) is 1.98. The molecule has 0 saturated heterocycles. The van der Waals surface area contributed by atoms with Crippen molar-refractivity contribution in [2.45, 2.75) is 0 Å². The molecule has 1 N–H and O–H groups in total. The van der Waals surface area contributed by atoms with Gasteiger partial charge >= 0.3 is 0 Å². The van der Waals surface area contributed by atoms with Gasteiger partial charge in [-0.25, -0.2) is 0 Å². The summed E-state index contributed by atoms with van der Waals surface area (Å²) >= 11 is 0.330. The minimum atomic E-state index is 0.330. The van der Waals surface area contributed by atoms with Gasteiger partial charge in [-0.05, 0) is 12.1 Å². The number of rotatable bonds is 2. The van der Waals surface area contributed by atoms with Crippen LogP contribution in [0.5, 0.6) is 5.75 Å². The van der Waals surface area contributed by atoms with E-state index in [4.69, 9.17) is 8.74 Å². The molecular weight excluding hydrogens is 186 g/mol. The van der Waals surface area contributed by atoms with Crippen molar-refractivity contribution in [2.24, 2.45) is 0 Å².